The number of alkyl halides is 1. The third-order valence-corrected chi connectivity index (χ3v) is 1.55. The quantitative estimate of drug-likeness (QED) is 0.505. The summed E-state index contributed by atoms with van der Waals surface area (Å²) in [5.74, 6) is -0.524. The molecule has 0 bridgehead atoms. The molecule has 0 saturated carbocycles. The van der Waals surface area contributed by atoms with Crippen molar-refractivity contribution in [2.75, 3.05) is 13.2 Å². The molecule has 0 aromatic heterocycles. The fourth-order valence-corrected chi connectivity index (χ4v) is 0.493. The molecular formula is C4H8INO3. The van der Waals surface area contributed by atoms with E-state index in [1.165, 1.54) is 0 Å². The van der Waals surface area contributed by atoms with Gasteiger partial charge in [-0.2, -0.15) is 0 Å². The summed E-state index contributed by atoms with van der Waals surface area (Å²) < 4.78 is 4.08. The molecule has 0 aromatic carbocycles. The number of rotatable bonds is 4. The van der Waals surface area contributed by atoms with Gasteiger partial charge in [-0.15, -0.1) is 0 Å². The third kappa shape index (κ3) is 4.61. The maximum Gasteiger partial charge on any atom is 0.256 e. The van der Waals surface area contributed by atoms with Crippen LogP contribution < -0.4 is 5.73 Å². The molecule has 5 heteroatoms. The number of hydrogen-bond donors (Lipinski definition) is 2. The maximum absolute atomic E-state index is 10.2. The first kappa shape index (κ1) is 9.12. The molecule has 0 saturated heterocycles. The Hall–Kier alpha value is 0.120. The lowest BCUT2D eigenvalue weighted by Gasteiger charge is -2.04. The van der Waals surface area contributed by atoms with Crippen LogP contribution >= 0.6 is 22.6 Å². The Morgan fingerprint density at radius 1 is 1.89 bits per heavy atom. The van der Waals surface area contributed by atoms with Gasteiger partial charge in [0, 0.05) is 0 Å². The number of carbonyl (C=O) groups is 1. The third-order valence-electron chi connectivity index (χ3n) is 0.579. The zero-order valence-corrected chi connectivity index (χ0v) is 6.87. The Kier molecular flexibility index (Phi) is 5.02. The molecule has 0 spiro atoms. The summed E-state index contributed by atoms with van der Waals surface area (Å²) in [6.07, 6.45) is 0. The second kappa shape index (κ2) is 4.95. The van der Waals surface area contributed by atoms with Gasteiger partial charge in [-0.1, -0.05) is 0 Å². The number of primary amides is 1. The van der Waals surface area contributed by atoms with Crippen LogP contribution in [0.3, 0.4) is 0 Å². The fraction of sp³-hybridized carbons (Fsp3) is 0.750. The molecule has 0 aliphatic heterocycles. The maximum atomic E-state index is 10.2. The summed E-state index contributed by atoms with van der Waals surface area (Å²) in [6.45, 7) is 0.0589. The van der Waals surface area contributed by atoms with Gasteiger partial charge in [0.15, 0.2) is 4.11 Å². The van der Waals surface area contributed by atoms with E-state index in [1.54, 1.807) is 22.6 Å². The van der Waals surface area contributed by atoms with E-state index in [-0.39, 0.29) is 13.2 Å². The van der Waals surface area contributed by atoms with Gasteiger partial charge in [0.2, 0.25) is 0 Å². The highest BCUT2D eigenvalue weighted by Gasteiger charge is 2.08. The molecule has 1 amide bonds. The molecule has 1 atom stereocenters. The number of aliphatic hydroxyl groups is 1. The Morgan fingerprint density at radius 3 is 2.78 bits per heavy atom. The zero-order chi connectivity index (χ0) is 7.28. The van der Waals surface area contributed by atoms with Crippen molar-refractivity contribution in [2.45, 2.75) is 4.11 Å². The van der Waals surface area contributed by atoms with E-state index in [1.807, 2.05) is 0 Å². The van der Waals surface area contributed by atoms with Crippen LogP contribution in [-0.4, -0.2) is 28.3 Å². The van der Waals surface area contributed by atoms with E-state index in [0.29, 0.717) is 0 Å². The van der Waals surface area contributed by atoms with Gasteiger partial charge in [-0.3, -0.25) is 4.79 Å². The lowest BCUT2D eigenvalue weighted by atomic mass is 10.7. The number of amides is 1. The molecule has 1 unspecified atom stereocenters. The van der Waals surface area contributed by atoms with Gasteiger partial charge in [-0.25, -0.2) is 0 Å². The minimum Gasteiger partial charge on any atom is -0.394 e. The predicted octanol–water partition coefficient (Wildman–Crippen LogP) is -0.758. The first-order valence-corrected chi connectivity index (χ1v) is 3.59. The van der Waals surface area contributed by atoms with Crippen LogP contribution in [0.5, 0.6) is 0 Å². The van der Waals surface area contributed by atoms with Gasteiger partial charge >= 0.3 is 0 Å². The van der Waals surface area contributed by atoms with E-state index in [9.17, 15) is 4.79 Å². The van der Waals surface area contributed by atoms with Gasteiger partial charge in [0.05, 0.1) is 13.2 Å². The minimum atomic E-state index is -0.630. The molecular weight excluding hydrogens is 237 g/mol. The number of aliphatic hydroxyl groups excluding tert-OH is 1. The molecule has 0 rings (SSSR count). The number of halogens is 1. The van der Waals surface area contributed by atoms with Crippen molar-refractivity contribution in [3.63, 3.8) is 0 Å². The molecule has 54 valence electrons. The summed E-state index contributed by atoms with van der Waals surface area (Å²) in [5.41, 5.74) is 4.82. The summed E-state index contributed by atoms with van der Waals surface area (Å²) in [7, 11) is 0. The van der Waals surface area contributed by atoms with Crippen LogP contribution in [0.15, 0.2) is 0 Å². The monoisotopic (exact) mass is 245 g/mol. The molecule has 0 fully saturated rings. The first-order valence-electron chi connectivity index (χ1n) is 2.34. The van der Waals surface area contributed by atoms with E-state index in [0.717, 1.165) is 0 Å². The Balaban J connectivity index is 3.27. The number of hydrogen-bond acceptors (Lipinski definition) is 3. The summed E-state index contributed by atoms with van der Waals surface area (Å²) in [6, 6.07) is 0. The number of carbonyl (C=O) groups excluding carboxylic acids is 1. The van der Waals surface area contributed by atoms with Gasteiger partial charge in [0.25, 0.3) is 5.91 Å². The highest BCUT2D eigenvalue weighted by molar-refractivity contribution is 14.1. The normalized spacial score (nSPS) is 13.1. The van der Waals surface area contributed by atoms with Crippen molar-refractivity contribution in [1.29, 1.82) is 0 Å². The van der Waals surface area contributed by atoms with E-state index < -0.39 is 10.0 Å². The topological polar surface area (TPSA) is 72.6 Å². The fourth-order valence-electron chi connectivity index (χ4n) is 0.238. The summed E-state index contributed by atoms with van der Waals surface area (Å²) in [4.78, 5) is 10.2. The standard InChI is InChI=1S/C4H8INO3/c5-3(4(6)8)9-2-1-7/h3,7H,1-2H2,(H2,6,8). The van der Waals surface area contributed by atoms with Crippen LogP contribution in [0.2, 0.25) is 0 Å². The van der Waals surface area contributed by atoms with Crippen LogP contribution in [0.25, 0.3) is 0 Å². The van der Waals surface area contributed by atoms with Crippen molar-refractivity contribution in [1.82, 2.24) is 0 Å². The highest BCUT2D eigenvalue weighted by Crippen LogP contribution is 1.99. The molecule has 9 heavy (non-hydrogen) atoms. The molecule has 0 aliphatic rings. The van der Waals surface area contributed by atoms with Gasteiger partial charge in [-0.05, 0) is 22.6 Å². The van der Waals surface area contributed by atoms with Crippen molar-refractivity contribution in [3.05, 3.63) is 0 Å². The lowest BCUT2D eigenvalue weighted by Crippen LogP contribution is -2.26. The SMILES string of the molecule is NC(=O)C(I)OCCO. The van der Waals surface area contributed by atoms with Gasteiger partial charge in [0.1, 0.15) is 0 Å². The molecule has 0 radical (unpaired) electrons. The van der Waals surface area contributed by atoms with E-state index in [2.05, 4.69) is 0 Å². The molecule has 4 nitrogen and oxygen atoms in total. The number of nitrogens with two attached hydrogens (primary N) is 1. The molecule has 0 aliphatic carbocycles. The van der Waals surface area contributed by atoms with Crippen molar-refractivity contribution in [3.8, 4) is 0 Å². The van der Waals surface area contributed by atoms with Crippen molar-refractivity contribution in [2.24, 2.45) is 5.73 Å². The van der Waals surface area contributed by atoms with E-state index >= 15 is 0 Å². The molecule has 3 N–H and O–H groups in total. The van der Waals surface area contributed by atoms with Crippen LogP contribution in [0, 0.1) is 0 Å². The van der Waals surface area contributed by atoms with E-state index in [4.69, 9.17) is 15.6 Å². The smallest absolute Gasteiger partial charge is 0.256 e. The first-order chi connectivity index (χ1) is 4.18. The Labute approximate surface area is 66.5 Å². The average Bonchev–Trinajstić information content (AvgIpc) is 1.82. The zero-order valence-electron chi connectivity index (χ0n) is 4.71. The largest absolute Gasteiger partial charge is 0.394 e. The Bertz CT molecular complexity index is 97.8. The highest BCUT2D eigenvalue weighted by atomic mass is 127. The molecule has 0 aromatic rings. The second-order valence-corrected chi connectivity index (χ2v) is 2.44. The summed E-state index contributed by atoms with van der Waals surface area (Å²) in [5, 5.41) is 8.22. The molecule has 0 heterocycles. The average molecular weight is 245 g/mol. The lowest BCUT2D eigenvalue weighted by molar-refractivity contribution is -0.123. The second-order valence-electron chi connectivity index (χ2n) is 1.31. The van der Waals surface area contributed by atoms with Crippen LogP contribution in [-0.2, 0) is 9.53 Å². The number of ether oxygens (including phenoxy) is 1. The predicted molar refractivity (Wildman–Crippen MR) is 40.0 cm³/mol. The van der Waals surface area contributed by atoms with Crippen molar-refractivity contribution >= 4 is 28.5 Å². The minimum absolute atomic E-state index is 0.0905. The summed E-state index contributed by atoms with van der Waals surface area (Å²) >= 11 is 1.75. The van der Waals surface area contributed by atoms with Crippen LogP contribution in [0.1, 0.15) is 0 Å². The van der Waals surface area contributed by atoms with Gasteiger partial charge < -0.3 is 15.6 Å². The Morgan fingerprint density at radius 2 is 2.44 bits per heavy atom. The van der Waals surface area contributed by atoms with Crippen molar-refractivity contribution < 1.29 is 14.6 Å². The van der Waals surface area contributed by atoms with Crippen LogP contribution in [0.4, 0.5) is 0 Å².